The van der Waals surface area contributed by atoms with Crippen molar-refractivity contribution in [2.45, 2.75) is 18.2 Å². The second-order valence-corrected chi connectivity index (χ2v) is 6.14. The summed E-state index contributed by atoms with van der Waals surface area (Å²) >= 11 is 0. The number of carbonyl (C=O) groups excluding carboxylic acids is 1. The highest BCUT2D eigenvalue weighted by atomic mass is 32.2. The molecule has 0 heterocycles. The van der Waals surface area contributed by atoms with Crippen LogP contribution in [-0.2, 0) is 10.0 Å². The third kappa shape index (κ3) is 3.65. The Labute approximate surface area is 120 Å². The van der Waals surface area contributed by atoms with E-state index < -0.39 is 10.0 Å². The summed E-state index contributed by atoms with van der Waals surface area (Å²) in [6, 6.07) is 6.10. The predicted octanol–water partition coefficient (Wildman–Crippen LogP) is 2.64. The van der Waals surface area contributed by atoms with E-state index in [9.17, 15) is 13.2 Å². The Morgan fingerprint density at radius 1 is 1.25 bits per heavy atom. The van der Waals surface area contributed by atoms with E-state index in [1.54, 1.807) is 19.1 Å². The number of carbonyl (C=O) groups is 1. The van der Waals surface area contributed by atoms with Crippen molar-refractivity contribution in [3.8, 4) is 0 Å². The molecule has 20 heavy (non-hydrogen) atoms. The van der Waals surface area contributed by atoms with E-state index in [0.29, 0.717) is 12.0 Å². The van der Waals surface area contributed by atoms with Gasteiger partial charge in [0.05, 0.1) is 4.90 Å². The van der Waals surface area contributed by atoms with Crippen LogP contribution in [0.1, 0.15) is 23.7 Å². The number of Topliss-reactive ketones (excluding diaryl/α,β-unsaturated/α-hetero) is 1. The average Bonchev–Trinajstić information content (AvgIpc) is 2.46. The van der Waals surface area contributed by atoms with E-state index in [-0.39, 0.29) is 23.8 Å². The van der Waals surface area contributed by atoms with Crippen molar-refractivity contribution < 1.29 is 13.2 Å². The fourth-order valence-corrected chi connectivity index (χ4v) is 3.17. The smallest absolute Gasteiger partial charge is 0.243 e. The lowest BCUT2D eigenvalue weighted by molar-refractivity contribution is 0.0988. The van der Waals surface area contributed by atoms with Crippen molar-refractivity contribution in [2.24, 2.45) is 0 Å². The number of nitrogens with zero attached hydrogens (tertiary/aromatic N) is 1. The van der Waals surface area contributed by atoms with E-state index in [1.807, 2.05) is 0 Å². The lowest BCUT2D eigenvalue weighted by Crippen LogP contribution is -2.31. The molecule has 1 aromatic rings. The summed E-state index contributed by atoms with van der Waals surface area (Å²) in [5.74, 6) is -0.0824. The number of hydrogen-bond acceptors (Lipinski definition) is 3. The minimum atomic E-state index is -3.65. The van der Waals surface area contributed by atoms with E-state index in [1.165, 1.54) is 28.6 Å². The van der Waals surface area contributed by atoms with Crippen molar-refractivity contribution in [3.05, 3.63) is 55.1 Å². The van der Waals surface area contributed by atoms with Crippen LogP contribution < -0.4 is 0 Å². The fraction of sp³-hybridized carbons (Fsp3) is 0.267. The van der Waals surface area contributed by atoms with Crippen molar-refractivity contribution in [1.82, 2.24) is 4.31 Å². The maximum absolute atomic E-state index is 12.5. The van der Waals surface area contributed by atoms with Gasteiger partial charge in [-0.25, -0.2) is 8.42 Å². The Morgan fingerprint density at radius 3 is 2.35 bits per heavy atom. The molecule has 0 fully saturated rings. The second kappa shape index (κ2) is 7.17. The molecule has 108 valence electrons. The molecule has 0 aliphatic heterocycles. The molecule has 0 radical (unpaired) electrons. The molecule has 0 aliphatic rings. The predicted molar refractivity (Wildman–Crippen MR) is 80.2 cm³/mol. The van der Waals surface area contributed by atoms with Gasteiger partial charge in [0.2, 0.25) is 10.0 Å². The Morgan fingerprint density at radius 2 is 1.85 bits per heavy atom. The highest BCUT2D eigenvalue weighted by Crippen LogP contribution is 2.18. The zero-order valence-electron chi connectivity index (χ0n) is 11.6. The standard InChI is InChI=1S/C15H19NO3S/c1-4-10-16(11-5-2)20(18,19)14-9-7-8-13(12-14)15(17)6-3/h4-5,7-9,12H,1-2,6,10-11H2,3H3. The fourth-order valence-electron chi connectivity index (χ4n) is 1.74. The maximum Gasteiger partial charge on any atom is 0.243 e. The van der Waals surface area contributed by atoms with Crippen LogP contribution in [0.3, 0.4) is 0 Å². The van der Waals surface area contributed by atoms with Gasteiger partial charge in [0.25, 0.3) is 0 Å². The molecule has 0 spiro atoms. The first-order valence-corrected chi connectivity index (χ1v) is 7.76. The van der Waals surface area contributed by atoms with Crippen LogP contribution in [0.5, 0.6) is 0 Å². The average molecular weight is 293 g/mol. The number of ketones is 1. The second-order valence-electron chi connectivity index (χ2n) is 4.20. The molecule has 0 saturated carbocycles. The first-order valence-electron chi connectivity index (χ1n) is 6.32. The van der Waals surface area contributed by atoms with Crippen molar-refractivity contribution in [2.75, 3.05) is 13.1 Å². The van der Waals surface area contributed by atoms with Gasteiger partial charge < -0.3 is 0 Å². The molecule has 1 aromatic carbocycles. The third-order valence-corrected chi connectivity index (χ3v) is 4.61. The van der Waals surface area contributed by atoms with E-state index >= 15 is 0 Å². The molecule has 0 bridgehead atoms. The number of hydrogen-bond donors (Lipinski definition) is 0. The van der Waals surface area contributed by atoms with Gasteiger partial charge in [0, 0.05) is 25.1 Å². The summed E-state index contributed by atoms with van der Waals surface area (Å²) in [5, 5.41) is 0. The van der Waals surface area contributed by atoms with Crippen molar-refractivity contribution in [3.63, 3.8) is 0 Å². The minimum Gasteiger partial charge on any atom is -0.294 e. The van der Waals surface area contributed by atoms with Crippen LogP contribution in [-0.4, -0.2) is 31.6 Å². The normalized spacial score (nSPS) is 11.3. The molecular weight excluding hydrogens is 274 g/mol. The summed E-state index contributed by atoms with van der Waals surface area (Å²) < 4.78 is 26.2. The Bertz CT molecular complexity index is 595. The molecule has 0 saturated heterocycles. The molecule has 5 heteroatoms. The van der Waals surface area contributed by atoms with Gasteiger partial charge in [-0.2, -0.15) is 4.31 Å². The number of rotatable bonds is 8. The van der Waals surface area contributed by atoms with Gasteiger partial charge in [0.15, 0.2) is 5.78 Å². The number of sulfonamides is 1. The monoisotopic (exact) mass is 293 g/mol. The molecule has 0 amide bonds. The quantitative estimate of drug-likeness (QED) is 0.547. The Hall–Kier alpha value is -1.72. The summed E-state index contributed by atoms with van der Waals surface area (Å²) in [6.45, 7) is 9.24. The highest BCUT2D eigenvalue weighted by molar-refractivity contribution is 7.89. The molecule has 0 unspecified atom stereocenters. The topological polar surface area (TPSA) is 54.5 Å². The maximum atomic E-state index is 12.5. The molecule has 0 aliphatic carbocycles. The van der Waals surface area contributed by atoms with Crippen LogP contribution in [0.2, 0.25) is 0 Å². The minimum absolute atomic E-state index is 0.0824. The molecule has 1 rings (SSSR count). The van der Waals surface area contributed by atoms with Crippen LogP contribution in [0, 0.1) is 0 Å². The van der Waals surface area contributed by atoms with E-state index in [4.69, 9.17) is 0 Å². The Balaban J connectivity index is 3.23. The lowest BCUT2D eigenvalue weighted by atomic mass is 10.1. The first kappa shape index (κ1) is 16.3. The zero-order chi connectivity index (χ0) is 15.2. The van der Waals surface area contributed by atoms with Crippen LogP contribution >= 0.6 is 0 Å². The largest absolute Gasteiger partial charge is 0.294 e. The molecule has 0 aromatic heterocycles. The van der Waals surface area contributed by atoms with Gasteiger partial charge in [-0.3, -0.25) is 4.79 Å². The third-order valence-electron chi connectivity index (χ3n) is 2.78. The summed E-state index contributed by atoms with van der Waals surface area (Å²) in [7, 11) is -3.65. The Kier molecular flexibility index (Phi) is 5.85. The van der Waals surface area contributed by atoms with Gasteiger partial charge >= 0.3 is 0 Å². The number of benzene rings is 1. The van der Waals surface area contributed by atoms with E-state index in [0.717, 1.165) is 0 Å². The molecule has 0 N–H and O–H groups in total. The summed E-state index contributed by atoms with van der Waals surface area (Å²) in [5.41, 5.74) is 0.408. The molecule has 0 atom stereocenters. The molecular formula is C15H19NO3S. The van der Waals surface area contributed by atoms with E-state index in [2.05, 4.69) is 13.2 Å². The molecule has 4 nitrogen and oxygen atoms in total. The summed E-state index contributed by atoms with van der Waals surface area (Å²) in [4.78, 5) is 11.8. The first-order chi connectivity index (χ1) is 9.47. The lowest BCUT2D eigenvalue weighted by Gasteiger charge is -2.19. The van der Waals surface area contributed by atoms with Crippen LogP contribution in [0.25, 0.3) is 0 Å². The van der Waals surface area contributed by atoms with Gasteiger partial charge in [-0.05, 0) is 12.1 Å². The van der Waals surface area contributed by atoms with Gasteiger partial charge in [-0.1, -0.05) is 31.2 Å². The highest BCUT2D eigenvalue weighted by Gasteiger charge is 2.23. The summed E-state index contributed by atoms with van der Waals surface area (Å²) in [6.07, 6.45) is 3.37. The van der Waals surface area contributed by atoms with Crippen molar-refractivity contribution >= 4 is 15.8 Å². The SMILES string of the molecule is C=CCN(CC=C)S(=O)(=O)c1cccc(C(=O)CC)c1. The zero-order valence-corrected chi connectivity index (χ0v) is 12.4. The van der Waals surface area contributed by atoms with Crippen LogP contribution in [0.15, 0.2) is 54.5 Å². The van der Waals surface area contributed by atoms with Gasteiger partial charge in [-0.15, -0.1) is 13.2 Å². The van der Waals surface area contributed by atoms with Crippen LogP contribution in [0.4, 0.5) is 0 Å². The van der Waals surface area contributed by atoms with Gasteiger partial charge in [0.1, 0.15) is 0 Å². The van der Waals surface area contributed by atoms with Crippen molar-refractivity contribution in [1.29, 1.82) is 0 Å².